The molecule has 5 N–H and O–H groups in total. The summed E-state index contributed by atoms with van der Waals surface area (Å²) in [5, 5.41) is 17.9. The number of hydrogen-bond donors (Lipinski definition) is 5. The number of thiazole rings is 1. The third-order valence-electron chi connectivity index (χ3n) is 6.32. The van der Waals surface area contributed by atoms with Gasteiger partial charge in [0.15, 0.2) is 0 Å². The minimum absolute atomic E-state index is 0.0366. The van der Waals surface area contributed by atoms with E-state index in [9.17, 15) is 18.0 Å². The van der Waals surface area contributed by atoms with Crippen molar-refractivity contribution in [1.29, 1.82) is 0 Å². The Labute approximate surface area is 237 Å². The van der Waals surface area contributed by atoms with Crippen molar-refractivity contribution < 1.29 is 23.1 Å². The molecule has 0 radical (unpaired) electrons. The largest absolute Gasteiger partial charge is 0.465 e. The van der Waals surface area contributed by atoms with Crippen LogP contribution in [-0.4, -0.2) is 47.2 Å². The van der Waals surface area contributed by atoms with Gasteiger partial charge in [0.25, 0.3) is 0 Å². The second-order valence-electron chi connectivity index (χ2n) is 10.8. The number of anilines is 1. The number of nitrogens with one attached hydrogen (secondary N) is 4. The molecule has 11 nitrogen and oxygen atoms in total. The zero-order chi connectivity index (χ0) is 28.9. The number of hydrogen-bond acceptors (Lipinski definition) is 7. The minimum atomic E-state index is -3.96. The van der Waals surface area contributed by atoms with Gasteiger partial charge in [0, 0.05) is 41.1 Å². The number of amides is 3. The Kier molecular flexibility index (Phi) is 9.06. The fourth-order valence-electron chi connectivity index (χ4n) is 4.59. The summed E-state index contributed by atoms with van der Waals surface area (Å²) in [6, 6.07) is 9.64. The Bertz CT molecular complexity index is 1450. The molecule has 2 heterocycles. The highest BCUT2D eigenvalue weighted by Crippen LogP contribution is 2.40. The second kappa shape index (κ2) is 12.3. The maximum atomic E-state index is 13.5. The van der Waals surface area contributed by atoms with E-state index in [4.69, 9.17) is 5.11 Å². The molecule has 0 unspecified atom stereocenters. The summed E-state index contributed by atoms with van der Waals surface area (Å²) in [5.41, 5.74) is 0.783. The van der Waals surface area contributed by atoms with E-state index in [-0.39, 0.29) is 23.4 Å². The Morgan fingerprint density at radius 1 is 1.07 bits per heavy atom. The Balaban J connectivity index is 1.56. The maximum Gasteiger partial charge on any atom is 0.404 e. The minimum Gasteiger partial charge on any atom is -0.465 e. The van der Waals surface area contributed by atoms with Gasteiger partial charge in [0.05, 0.1) is 27.0 Å². The molecule has 3 aromatic rings. The van der Waals surface area contributed by atoms with Crippen molar-refractivity contribution in [2.75, 3.05) is 5.32 Å². The van der Waals surface area contributed by atoms with E-state index in [0.717, 1.165) is 30.7 Å². The molecule has 0 spiro atoms. The first-order valence-electron chi connectivity index (χ1n) is 13.0. The first-order chi connectivity index (χ1) is 18.9. The van der Waals surface area contributed by atoms with Gasteiger partial charge in [-0.15, -0.1) is 11.3 Å². The van der Waals surface area contributed by atoms with Gasteiger partial charge < -0.3 is 21.1 Å². The first-order valence-corrected chi connectivity index (χ1v) is 15.3. The lowest BCUT2D eigenvalue weighted by molar-refractivity contribution is 0.185. The zero-order valence-corrected chi connectivity index (χ0v) is 24.2. The summed E-state index contributed by atoms with van der Waals surface area (Å²) in [5.74, 6) is 0.182. The van der Waals surface area contributed by atoms with Gasteiger partial charge in [0.2, 0.25) is 10.0 Å². The topological polar surface area (TPSA) is 162 Å². The van der Waals surface area contributed by atoms with Crippen LogP contribution in [0.15, 0.2) is 53.7 Å². The van der Waals surface area contributed by atoms with Crippen molar-refractivity contribution in [3.8, 4) is 10.4 Å². The van der Waals surface area contributed by atoms with E-state index >= 15 is 0 Å². The van der Waals surface area contributed by atoms with Crippen LogP contribution in [0.1, 0.15) is 63.1 Å². The van der Waals surface area contributed by atoms with Crippen LogP contribution >= 0.6 is 11.3 Å². The summed E-state index contributed by atoms with van der Waals surface area (Å²) in [6.45, 7) is 5.51. The van der Waals surface area contributed by atoms with Crippen LogP contribution in [0.5, 0.6) is 0 Å². The van der Waals surface area contributed by atoms with Gasteiger partial charge >= 0.3 is 12.1 Å². The summed E-state index contributed by atoms with van der Waals surface area (Å²) in [4.78, 5) is 33.0. The van der Waals surface area contributed by atoms with Crippen LogP contribution in [0, 0.1) is 0 Å². The number of aromatic nitrogens is 2. The molecular formula is C27H34N6O5S2. The molecule has 1 aliphatic rings. The van der Waals surface area contributed by atoms with Crippen molar-refractivity contribution >= 4 is 39.2 Å². The molecule has 0 bridgehead atoms. The van der Waals surface area contributed by atoms with Crippen molar-refractivity contribution in [3.63, 3.8) is 0 Å². The standard InChI is InChI=1S/C27H34N6O5S2/c1-27(2,3)33-40(37,38)23-14-19(31-25(34)30-15-20-6-4-5-13-28-20)11-12-21(23)22-16-29-24(39-22)17-7-9-18(10-8-17)32-26(35)36/h4-6,11-14,16-18,32-33H,7-10,15H2,1-3H3,(H,35,36)(H2,30,31,34)/t17-,18-. The van der Waals surface area contributed by atoms with Crippen molar-refractivity contribution in [2.24, 2.45) is 0 Å². The summed E-state index contributed by atoms with van der Waals surface area (Å²) in [7, 11) is -3.96. The van der Waals surface area contributed by atoms with Crippen molar-refractivity contribution in [1.82, 2.24) is 25.3 Å². The number of nitrogens with zero attached hydrogens (tertiary/aromatic N) is 2. The lowest BCUT2D eigenvalue weighted by atomic mass is 9.86. The molecule has 4 rings (SSSR count). The number of urea groups is 1. The number of pyridine rings is 1. The van der Waals surface area contributed by atoms with Crippen molar-refractivity contribution in [3.05, 3.63) is 59.5 Å². The average Bonchev–Trinajstić information content (AvgIpc) is 3.37. The Morgan fingerprint density at radius 3 is 2.48 bits per heavy atom. The number of carboxylic acid groups (broad SMARTS) is 1. The molecule has 13 heteroatoms. The first kappa shape index (κ1) is 29.4. The predicted molar refractivity (Wildman–Crippen MR) is 154 cm³/mol. The third kappa shape index (κ3) is 7.99. The molecule has 3 amide bonds. The predicted octanol–water partition coefficient (Wildman–Crippen LogP) is 4.90. The average molecular weight is 587 g/mol. The van der Waals surface area contributed by atoms with Crippen molar-refractivity contribution in [2.45, 2.75) is 75.4 Å². The Morgan fingerprint density at radius 2 is 1.82 bits per heavy atom. The lowest BCUT2D eigenvalue weighted by Gasteiger charge is -2.27. The number of carbonyl (C=O) groups is 2. The van der Waals surface area contributed by atoms with Gasteiger partial charge in [-0.3, -0.25) is 4.98 Å². The summed E-state index contributed by atoms with van der Waals surface area (Å²) < 4.78 is 29.7. The number of sulfonamides is 1. The highest BCUT2D eigenvalue weighted by molar-refractivity contribution is 7.89. The fourth-order valence-corrected chi connectivity index (χ4v) is 7.45. The Hall–Kier alpha value is -3.55. The van der Waals surface area contributed by atoms with E-state index in [1.54, 1.807) is 57.4 Å². The normalized spacial score (nSPS) is 17.7. The SMILES string of the molecule is CC(C)(C)NS(=O)(=O)c1cc(NC(=O)NCc2ccccn2)ccc1-c1cnc([C@H]2CC[C@H](NC(=O)O)CC2)s1. The molecule has 2 aromatic heterocycles. The van der Waals surface area contributed by atoms with E-state index in [1.807, 2.05) is 6.07 Å². The van der Waals surface area contributed by atoms with Crippen LogP contribution < -0.4 is 20.7 Å². The van der Waals surface area contributed by atoms with Gasteiger partial charge in [-0.2, -0.15) is 0 Å². The van der Waals surface area contributed by atoms with Gasteiger partial charge in [0.1, 0.15) is 0 Å². The zero-order valence-electron chi connectivity index (χ0n) is 22.6. The number of rotatable bonds is 8. The molecule has 0 atom stereocenters. The van der Waals surface area contributed by atoms with E-state index in [0.29, 0.717) is 21.8 Å². The quantitative estimate of drug-likeness (QED) is 0.251. The lowest BCUT2D eigenvalue weighted by Crippen LogP contribution is -2.40. The van der Waals surface area contributed by atoms with E-state index in [2.05, 4.69) is 30.6 Å². The monoisotopic (exact) mass is 586 g/mol. The van der Waals surface area contributed by atoms with E-state index < -0.39 is 27.7 Å². The summed E-state index contributed by atoms with van der Waals surface area (Å²) >= 11 is 1.43. The highest BCUT2D eigenvalue weighted by Gasteiger charge is 2.29. The van der Waals surface area contributed by atoms with Crippen LogP contribution in [-0.2, 0) is 16.6 Å². The molecule has 214 valence electrons. The van der Waals surface area contributed by atoms with Crippen LogP contribution in [0.2, 0.25) is 0 Å². The van der Waals surface area contributed by atoms with Gasteiger partial charge in [-0.1, -0.05) is 12.1 Å². The summed E-state index contributed by atoms with van der Waals surface area (Å²) in [6.07, 6.45) is 5.35. The molecule has 1 aliphatic carbocycles. The van der Waals surface area contributed by atoms with Crippen LogP contribution in [0.3, 0.4) is 0 Å². The molecule has 0 aliphatic heterocycles. The maximum absolute atomic E-state index is 13.5. The molecule has 1 saturated carbocycles. The second-order valence-corrected chi connectivity index (χ2v) is 13.5. The van der Waals surface area contributed by atoms with Crippen LogP contribution in [0.4, 0.5) is 15.3 Å². The van der Waals surface area contributed by atoms with Gasteiger partial charge in [-0.25, -0.2) is 27.7 Å². The fraction of sp³-hybridized carbons (Fsp3) is 0.407. The highest BCUT2D eigenvalue weighted by atomic mass is 32.2. The third-order valence-corrected chi connectivity index (χ3v) is 9.31. The molecule has 40 heavy (non-hydrogen) atoms. The van der Waals surface area contributed by atoms with Crippen LogP contribution in [0.25, 0.3) is 10.4 Å². The molecular weight excluding hydrogens is 552 g/mol. The molecule has 1 aromatic carbocycles. The molecule has 0 saturated heterocycles. The molecule has 1 fully saturated rings. The van der Waals surface area contributed by atoms with E-state index in [1.165, 1.54) is 17.4 Å². The number of benzene rings is 1. The van der Waals surface area contributed by atoms with Gasteiger partial charge in [-0.05, 0) is 70.7 Å². The number of carbonyl (C=O) groups excluding carboxylic acids is 1. The smallest absolute Gasteiger partial charge is 0.404 e.